The van der Waals surface area contributed by atoms with Gasteiger partial charge < -0.3 is 9.84 Å². The second-order valence-electron chi connectivity index (χ2n) is 3.63. The van der Waals surface area contributed by atoms with Gasteiger partial charge in [-0.15, -0.1) is 0 Å². The fourth-order valence-electron chi connectivity index (χ4n) is 1.23. The summed E-state index contributed by atoms with van der Waals surface area (Å²) < 4.78 is 4.99. The van der Waals surface area contributed by atoms with E-state index in [-0.39, 0.29) is 5.57 Å². The standard InChI is InChI=1S/C11H21NO3/c1-5-10(3)12(6-7-15-4)8-9(2)11(13)14/h10H,2,5-8H2,1,3-4H3,(H,13,14). The smallest absolute Gasteiger partial charge is 0.332 e. The van der Waals surface area contributed by atoms with Gasteiger partial charge in [-0.1, -0.05) is 13.5 Å². The highest BCUT2D eigenvalue weighted by molar-refractivity contribution is 5.86. The molecule has 0 bridgehead atoms. The van der Waals surface area contributed by atoms with Crippen LogP contribution in [0, 0.1) is 0 Å². The molecule has 0 saturated carbocycles. The van der Waals surface area contributed by atoms with Crippen LogP contribution in [0.25, 0.3) is 0 Å². The van der Waals surface area contributed by atoms with E-state index in [1.807, 2.05) is 0 Å². The Morgan fingerprint density at radius 3 is 2.60 bits per heavy atom. The molecule has 0 aliphatic carbocycles. The molecule has 1 N–H and O–H groups in total. The molecule has 0 spiro atoms. The van der Waals surface area contributed by atoms with Crippen molar-refractivity contribution in [2.75, 3.05) is 26.8 Å². The van der Waals surface area contributed by atoms with E-state index in [0.717, 1.165) is 13.0 Å². The van der Waals surface area contributed by atoms with Crippen LogP contribution in [0.1, 0.15) is 20.3 Å². The topological polar surface area (TPSA) is 49.8 Å². The zero-order valence-corrected chi connectivity index (χ0v) is 9.82. The summed E-state index contributed by atoms with van der Waals surface area (Å²) in [5, 5.41) is 8.75. The highest BCUT2D eigenvalue weighted by Gasteiger charge is 2.15. The number of hydrogen-bond acceptors (Lipinski definition) is 3. The SMILES string of the molecule is C=C(CN(CCOC)C(C)CC)C(=O)O. The lowest BCUT2D eigenvalue weighted by molar-refractivity contribution is -0.133. The maximum atomic E-state index is 10.7. The molecule has 4 heteroatoms. The lowest BCUT2D eigenvalue weighted by Crippen LogP contribution is -2.37. The van der Waals surface area contributed by atoms with Crippen LogP contribution in [0.4, 0.5) is 0 Å². The Balaban J connectivity index is 4.23. The van der Waals surface area contributed by atoms with Crippen molar-refractivity contribution in [2.45, 2.75) is 26.3 Å². The molecule has 0 amide bonds. The highest BCUT2D eigenvalue weighted by atomic mass is 16.5. The van der Waals surface area contributed by atoms with Gasteiger partial charge in [0.25, 0.3) is 0 Å². The van der Waals surface area contributed by atoms with Crippen LogP contribution < -0.4 is 0 Å². The molecule has 15 heavy (non-hydrogen) atoms. The summed E-state index contributed by atoms with van der Waals surface area (Å²) in [6, 6.07) is 0.344. The van der Waals surface area contributed by atoms with Gasteiger partial charge in [-0.3, -0.25) is 4.90 Å². The first-order valence-electron chi connectivity index (χ1n) is 5.17. The van der Waals surface area contributed by atoms with Crippen molar-refractivity contribution in [3.8, 4) is 0 Å². The van der Waals surface area contributed by atoms with Crippen molar-refractivity contribution in [1.29, 1.82) is 0 Å². The van der Waals surface area contributed by atoms with Crippen molar-refractivity contribution in [2.24, 2.45) is 0 Å². The normalized spacial score (nSPS) is 12.8. The van der Waals surface area contributed by atoms with Gasteiger partial charge in [0.15, 0.2) is 0 Å². The number of nitrogens with zero attached hydrogens (tertiary/aromatic N) is 1. The molecule has 1 atom stereocenters. The maximum absolute atomic E-state index is 10.7. The zero-order valence-electron chi connectivity index (χ0n) is 9.82. The number of carboxylic acids is 1. The van der Waals surface area contributed by atoms with Crippen LogP contribution in [-0.2, 0) is 9.53 Å². The summed E-state index contributed by atoms with van der Waals surface area (Å²) in [4.78, 5) is 12.7. The third-order valence-electron chi connectivity index (χ3n) is 2.49. The van der Waals surface area contributed by atoms with E-state index in [1.54, 1.807) is 7.11 Å². The molecule has 0 aliphatic heterocycles. The quantitative estimate of drug-likeness (QED) is 0.621. The maximum Gasteiger partial charge on any atom is 0.332 e. The minimum atomic E-state index is -0.930. The molecule has 88 valence electrons. The first-order valence-corrected chi connectivity index (χ1v) is 5.17. The van der Waals surface area contributed by atoms with E-state index in [0.29, 0.717) is 19.2 Å². The molecule has 0 aliphatic rings. The number of carbonyl (C=O) groups is 1. The average Bonchev–Trinajstić information content (AvgIpc) is 2.22. The van der Waals surface area contributed by atoms with Crippen LogP contribution >= 0.6 is 0 Å². The predicted octanol–water partition coefficient (Wildman–Crippen LogP) is 1.37. The molecule has 0 rings (SSSR count). The first-order chi connectivity index (χ1) is 7.02. The van der Waals surface area contributed by atoms with Crippen molar-refractivity contribution in [3.05, 3.63) is 12.2 Å². The van der Waals surface area contributed by atoms with E-state index in [9.17, 15) is 4.79 Å². The Labute approximate surface area is 91.5 Å². The Bertz CT molecular complexity index is 216. The third kappa shape index (κ3) is 5.54. The Morgan fingerprint density at radius 2 is 2.20 bits per heavy atom. The largest absolute Gasteiger partial charge is 0.478 e. The number of carboxylic acid groups (broad SMARTS) is 1. The molecule has 0 heterocycles. The minimum absolute atomic E-state index is 0.228. The number of aliphatic carboxylic acids is 1. The van der Waals surface area contributed by atoms with Crippen molar-refractivity contribution >= 4 is 5.97 Å². The van der Waals surface area contributed by atoms with Gasteiger partial charge in [0.05, 0.1) is 6.61 Å². The molecule has 0 saturated heterocycles. The Kier molecular flexibility index (Phi) is 6.99. The third-order valence-corrected chi connectivity index (χ3v) is 2.49. The number of hydrogen-bond donors (Lipinski definition) is 1. The zero-order chi connectivity index (χ0) is 11.8. The molecular formula is C11H21NO3. The van der Waals surface area contributed by atoms with Crippen molar-refractivity contribution < 1.29 is 14.6 Å². The summed E-state index contributed by atoms with van der Waals surface area (Å²) in [5.74, 6) is -0.930. The van der Waals surface area contributed by atoms with Gasteiger partial charge in [-0.05, 0) is 13.3 Å². The molecule has 0 aromatic heterocycles. The Morgan fingerprint density at radius 1 is 1.60 bits per heavy atom. The fourth-order valence-corrected chi connectivity index (χ4v) is 1.23. The summed E-state index contributed by atoms with van der Waals surface area (Å²) in [5.41, 5.74) is 0.228. The molecule has 4 nitrogen and oxygen atoms in total. The molecule has 0 aromatic carbocycles. The van der Waals surface area contributed by atoms with Crippen LogP contribution in [0.2, 0.25) is 0 Å². The van der Waals surface area contributed by atoms with Gasteiger partial charge in [-0.25, -0.2) is 4.79 Å². The average molecular weight is 215 g/mol. The fraction of sp³-hybridized carbons (Fsp3) is 0.727. The first kappa shape index (κ1) is 14.1. The van der Waals surface area contributed by atoms with Crippen LogP contribution in [0.15, 0.2) is 12.2 Å². The van der Waals surface area contributed by atoms with Gasteiger partial charge in [-0.2, -0.15) is 0 Å². The van der Waals surface area contributed by atoms with Gasteiger partial charge in [0.2, 0.25) is 0 Å². The van der Waals surface area contributed by atoms with Crippen LogP contribution in [-0.4, -0.2) is 48.8 Å². The van der Waals surface area contributed by atoms with Crippen LogP contribution in [0.5, 0.6) is 0 Å². The number of rotatable bonds is 8. The van der Waals surface area contributed by atoms with Crippen molar-refractivity contribution in [3.63, 3.8) is 0 Å². The predicted molar refractivity (Wildman–Crippen MR) is 60.0 cm³/mol. The lowest BCUT2D eigenvalue weighted by atomic mass is 10.2. The Hall–Kier alpha value is -0.870. The molecule has 0 radical (unpaired) electrons. The van der Waals surface area contributed by atoms with Gasteiger partial charge in [0, 0.05) is 31.8 Å². The minimum Gasteiger partial charge on any atom is -0.478 e. The van der Waals surface area contributed by atoms with E-state index in [1.165, 1.54) is 0 Å². The van der Waals surface area contributed by atoms with E-state index >= 15 is 0 Å². The molecule has 0 aromatic rings. The second kappa shape index (κ2) is 7.43. The summed E-state index contributed by atoms with van der Waals surface area (Å²) >= 11 is 0. The summed E-state index contributed by atoms with van der Waals surface area (Å²) in [6.45, 7) is 9.43. The van der Waals surface area contributed by atoms with Gasteiger partial charge >= 0.3 is 5.97 Å². The number of methoxy groups -OCH3 is 1. The molecule has 0 fully saturated rings. The second-order valence-corrected chi connectivity index (χ2v) is 3.63. The van der Waals surface area contributed by atoms with E-state index < -0.39 is 5.97 Å². The van der Waals surface area contributed by atoms with Crippen molar-refractivity contribution in [1.82, 2.24) is 4.90 Å². The molecular weight excluding hydrogens is 194 g/mol. The molecule has 1 unspecified atom stereocenters. The summed E-state index contributed by atoms with van der Waals surface area (Å²) in [6.07, 6.45) is 0.983. The van der Waals surface area contributed by atoms with Crippen LogP contribution in [0.3, 0.4) is 0 Å². The number of ether oxygens (including phenoxy) is 1. The highest BCUT2D eigenvalue weighted by Crippen LogP contribution is 2.06. The van der Waals surface area contributed by atoms with E-state index in [4.69, 9.17) is 9.84 Å². The summed E-state index contributed by atoms with van der Waals surface area (Å²) in [7, 11) is 1.64. The monoisotopic (exact) mass is 215 g/mol. The van der Waals surface area contributed by atoms with Gasteiger partial charge in [0.1, 0.15) is 0 Å². The van der Waals surface area contributed by atoms with E-state index in [2.05, 4.69) is 25.3 Å². The lowest BCUT2D eigenvalue weighted by Gasteiger charge is -2.27.